The number of aliphatic carboxylic acids is 1. The predicted molar refractivity (Wildman–Crippen MR) is 83.7 cm³/mol. The first-order valence-corrected chi connectivity index (χ1v) is 8.11. The molecule has 0 radical (unpaired) electrons. The largest absolute Gasteiger partial charge is 0.481 e. The van der Waals surface area contributed by atoms with Crippen LogP contribution in [-0.4, -0.2) is 32.7 Å². The van der Waals surface area contributed by atoms with Gasteiger partial charge in [0.25, 0.3) is 0 Å². The lowest BCUT2D eigenvalue weighted by molar-refractivity contribution is -0.160. The van der Waals surface area contributed by atoms with Crippen molar-refractivity contribution in [3.63, 3.8) is 0 Å². The van der Waals surface area contributed by atoms with Gasteiger partial charge < -0.3 is 20.3 Å². The molecule has 7 nitrogen and oxygen atoms in total. The van der Waals surface area contributed by atoms with Crippen LogP contribution in [-0.2, 0) is 11.3 Å². The highest BCUT2D eigenvalue weighted by Gasteiger charge is 2.54. The maximum atomic E-state index is 12.2. The second-order valence-electron chi connectivity index (χ2n) is 7.28. The van der Waals surface area contributed by atoms with Gasteiger partial charge in [-0.15, -0.1) is 0 Å². The molecule has 126 valence electrons. The van der Waals surface area contributed by atoms with Crippen LogP contribution in [0.3, 0.4) is 0 Å². The van der Waals surface area contributed by atoms with Crippen LogP contribution in [0, 0.1) is 17.3 Å². The molecule has 1 saturated carbocycles. The van der Waals surface area contributed by atoms with Gasteiger partial charge in [-0.1, -0.05) is 13.8 Å². The highest BCUT2D eigenvalue weighted by molar-refractivity contribution is 5.75. The summed E-state index contributed by atoms with van der Waals surface area (Å²) in [5, 5.41) is 15.1. The third-order valence-electron chi connectivity index (χ3n) is 5.63. The predicted octanol–water partition coefficient (Wildman–Crippen LogP) is 1.76. The van der Waals surface area contributed by atoms with E-state index >= 15 is 0 Å². The van der Waals surface area contributed by atoms with Crippen LogP contribution in [0.1, 0.15) is 45.5 Å². The van der Waals surface area contributed by atoms with Gasteiger partial charge in [-0.25, -0.2) is 9.78 Å². The van der Waals surface area contributed by atoms with Crippen molar-refractivity contribution in [3.8, 4) is 0 Å². The minimum absolute atomic E-state index is 0.0571. The molecule has 2 amide bonds. The van der Waals surface area contributed by atoms with Crippen molar-refractivity contribution >= 4 is 12.0 Å². The van der Waals surface area contributed by atoms with Crippen molar-refractivity contribution in [1.29, 1.82) is 0 Å². The van der Waals surface area contributed by atoms with Crippen molar-refractivity contribution in [2.75, 3.05) is 0 Å². The summed E-state index contributed by atoms with van der Waals surface area (Å²) >= 11 is 0. The number of aromatic nitrogens is 2. The standard InChI is InChI=1S/C16H24N4O3/c1-9(10-8-11(14(21)22)16(10,2)3)18-15(23)19-12-4-6-20-7-5-17-13(12)20/h5,7,9-12H,4,6,8H2,1-3H3,(H,21,22)(H2,18,19,23)/t9?,10-,11+,12?/m0/s1. The molecule has 0 aromatic carbocycles. The monoisotopic (exact) mass is 320 g/mol. The molecule has 1 aliphatic heterocycles. The zero-order valence-electron chi connectivity index (χ0n) is 13.7. The van der Waals surface area contributed by atoms with Gasteiger partial charge >= 0.3 is 12.0 Å². The van der Waals surface area contributed by atoms with E-state index in [0.717, 1.165) is 18.8 Å². The van der Waals surface area contributed by atoms with E-state index in [0.29, 0.717) is 6.42 Å². The van der Waals surface area contributed by atoms with Gasteiger partial charge in [0.1, 0.15) is 5.82 Å². The summed E-state index contributed by atoms with van der Waals surface area (Å²) in [4.78, 5) is 27.7. The quantitative estimate of drug-likeness (QED) is 0.787. The number of rotatable bonds is 4. The normalized spacial score (nSPS) is 29.3. The van der Waals surface area contributed by atoms with Gasteiger partial charge in [0, 0.05) is 25.0 Å². The average Bonchev–Trinajstić information content (AvgIpc) is 3.02. The number of fused-ring (bicyclic) bond motifs is 1. The SMILES string of the molecule is CC(NC(=O)NC1CCn2ccnc21)[C@@H]1C[C@H](C(=O)O)C1(C)C. The number of nitrogens with zero attached hydrogens (tertiary/aromatic N) is 2. The van der Waals surface area contributed by atoms with Gasteiger partial charge in [-0.3, -0.25) is 4.79 Å². The maximum absolute atomic E-state index is 12.2. The van der Waals surface area contributed by atoms with E-state index in [1.165, 1.54) is 0 Å². The van der Waals surface area contributed by atoms with E-state index in [4.69, 9.17) is 0 Å². The number of hydrogen-bond donors (Lipinski definition) is 3. The second kappa shape index (κ2) is 5.54. The zero-order chi connectivity index (χ0) is 16.8. The second-order valence-corrected chi connectivity index (χ2v) is 7.28. The Morgan fingerprint density at radius 3 is 2.87 bits per heavy atom. The molecule has 4 atom stereocenters. The van der Waals surface area contributed by atoms with Crippen LogP contribution >= 0.6 is 0 Å². The molecule has 0 bridgehead atoms. The molecule has 1 aromatic heterocycles. The summed E-state index contributed by atoms with van der Waals surface area (Å²) in [6, 6.07) is -0.339. The Morgan fingerprint density at radius 2 is 2.22 bits per heavy atom. The minimum Gasteiger partial charge on any atom is -0.481 e. The van der Waals surface area contributed by atoms with Crippen molar-refractivity contribution in [2.24, 2.45) is 17.3 Å². The molecule has 2 aliphatic rings. The maximum Gasteiger partial charge on any atom is 0.315 e. The number of carbonyl (C=O) groups excluding carboxylic acids is 1. The lowest BCUT2D eigenvalue weighted by atomic mass is 9.53. The molecule has 2 heterocycles. The van der Waals surface area contributed by atoms with Crippen molar-refractivity contribution < 1.29 is 14.7 Å². The van der Waals surface area contributed by atoms with Gasteiger partial charge in [0.15, 0.2) is 0 Å². The summed E-state index contributed by atoms with van der Waals surface area (Å²) < 4.78 is 2.04. The highest BCUT2D eigenvalue weighted by Crippen LogP contribution is 2.52. The molecule has 1 fully saturated rings. The first-order chi connectivity index (χ1) is 10.8. The molecule has 3 rings (SSSR count). The number of carbonyl (C=O) groups is 2. The van der Waals surface area contributed by atoms with Crippen molar-refractivity contribution in [1.82, 2.24) is 20.2 Å². The molecular weight excluding hydrogens is 296 g/mol. The average molecular weight is 320 g/mol. The summed E-state index contributed by atoms with van der Waals surface area (Å²) in [5.41, 5.74) is -0.303. The molecule has 1 aromatic rings. The van der Waals surface area contributed by atoms with Gasteiger partial charge in [0.05, 0.1) is 12.0 Å². The Kier molecular flexibility index (Phi) is 3.82. The Labute approximate surface area is 135 Å². The Bertz CT molecular complexity index is 625. The van der Waals surface area contributed by atoms with Gasteiger partial charge in [-0.2, -0.15) is 0 Å². The fraction of sp³-hybridized carbons (Fsp3) is 0.688. The molecule has 23 heavy (non-hydrogen) atoms. The van der Waals surface area contributed by atoms with E-state index in [1.54, 1.807) is 6.20 Å². The van der Waals surface area contributed by atoms with E-state index in [1.807, 2.05) is 31.5 Å². The number of carboxylic acids is 1. The van der Waals surface area contributed by atoms with E-state index in [-0.39, 0.29) is 35.4 Å². The van der Waals surface area contributed by atoms with Gasteiger partial charge in [0.2, 0.25) is 0 Å². The first kappa shape index (κ1) is 15.8. The van der Waals surface area contributed by atoms with E-state index < -0.39 is 5.97 Å². The number of imidazole rings is 1. The van der Waals surface area contributed by atoms with Crippen LogP contribution < -0.4 is 10.6 Å². The number of aryl methyl sites for hydroxylation is 1. The van der Waals surface area contributed by atoms with Crippen LogP contribution in [0.25, 0.3) is 0 Å². The van der Waals surface area contributed by atoms with Crippen LogP contribution in [0.4, 0.5) is 4.79 Å². The number of urea groups is 1. The Balaban J connectivity index is 1.54. The van der Waals surface area contributed by atoms with E-state index in [9.17, 15) is 14.7 Å². The minimum atomic E-state index is -0.749. The van der Waals surface area contributed by atoms with Crippen molar-refractivity contribution in [2.45, 2.75) is 52.2 Å². The zero-order valence-corrected chi connectivity index (χ0v) is 13.7. The lowest BCUT2D eigenvalue weighted by Crippen LogP contribution is -2.58. The molecular formula is C16H24N4O3. The van der Waals surface area contributed by atoms with Crippen LogP contribution in [0.5, 0.6) is 0 Å². The summed E-state index contributed by atoms with van der Waals surface area (Å²) in [5.74, 6) is -0.0227. The highest BCUT2D eigenvalue weighted by atomic mass is 16.4. The Hall–Kier alpha value is -2.05. The van der Waals surface area contributed by atoms with E-state index in [2.05, 4.69) is 15.6 Å². The molecule has 0 saturated heterocycles. The van der Waals surface area contributed by atoms with Crippen LogP contribution in [0.2, 0.25) is 0 Å². The molecule has 3 N–H and O–H groups in total. The van der Waals surface area contributed by atoms with Crippen molar-refractivity contribution in [3.05, 3.63) is 18.2 Å². The van der Waals surface area contributed by atoms with Gasteiger partial charge in [-0.05, 0) is 31.1 Å². The molecule has 2 unspecified atom stereocenters. The number of amides is 2. The fourth-order valence-electron chi connectivity index (χ4n) is 4.09. The van der Waals surface area contributed by atoms with Crippen LogP contribution in [0.15, 0.2) is 12.4 Å². The lowest BCUT2D eigenvalue weighted by Gasteiger charge is -2.52. The summed E-state index contributed by atoms with van der Waals surface area (Å²) in [7, 11) is 0. The molecule has 1 aliphatic carbocycles. The molecule has 7 heteroatoms. The number of carboxylic acid groups (broad SMARTS) is 1. The Morgan fingerprint density at radius 1 is 1.48 bits per heavy atom. The number of hydrogen-bond acceptors (Lipinski definition) is 3. The third kappa shape index (κ3) is 2.68. The third-order valence-corrected chi connectivity index (χ3v) is 5.63. The summed E-state index contributed by atoms with van der Waals surface area (Å²) in [6.45, 7) is 6.74. The molecule has 0 spiro atoms. The topological polar surface area (TPSA) is 96.3 Å². The summed E-state index contributed by atoms with van der Waals surface area (Å²) in [6.07, 6.45) is 5.12. The smallest absolute Gasteiger partial charge is 0.315 e. The first-order valence-electron chi connectivity index (χ1n) is 8.11. The fourth-order valence-corrected chi connectivity index (χ4v) is 4.09. The number of nitrogens with one attached hydrogen (secondary N) is 2.